The summed E-state index contributed by atoms with van der Waals surface area (Å²) in [6.45, 7) is 8.06. The molecule has 0 bridgehead atoms. The molecule has 1 aliphatic rings. The number of benzene rings is 3. The first kappa shape index (κ1) is 26.4. The summed E-state index contributed by atoms with van der Waals surface area (Å²) in [5, 5.41) is 0. The van der Waals surface area contributed by atoms with Gasteiger partial charge < -0.3 is 9.47 Å². The fraction of sp³-hybridized carbons (Fsp3) is 0.219. The number of rotatable bonds is 7. The zero-order valence-corrected chi connectivity index (χ0v) is 23.2. The highest BCUT2D eigenvalue weighted by molar-refractivity contribution is 7.07. The molecule has 0 saturated carbocycles. The van der Waals surface area contributed by atoms with Gasteiger partial charge in [-0.25, -0.2) is 9.79 Å². The first-order chi connectivity index (χ1) is 18.9. The van der Waals surface area contributed by atoms with Gasteiger partial charge in [0.05, 0.1) is 28.5 Å². The minimum absolute atomic E-state index is 0.208. The predicted molar refractivity (Wildman–Crippen MR) is 154 cm³/mol. The van der Waals surface area contributed by atoms with E-state index in [2.05, 4.69) is 18.8 Å². The Morgan fingerprint density at radius 1 is 1.03 bits per heavy atom. The van der Waals surface area contributed by atoms with Gasteiger partial charge in [0, 0.05) is 0 Å². The number of hydrogen-bond donors (Lipinski definition) is 0. The van der Waals surface area contributed by atoms with Crippen LogP contribution >= 0.6 is 11.3 Å². The smallest absolute Gasteiger partial charge is 0.338 e. The van der Waals surface area contributed by atoms with Crippen LogP contribution in [0.2, 0.25) is 0 Å². The largest absolute Gasteiger partial charge is 0.463 e. The van der Waals surface area contributed by atoms with Gasteiger partial charge in [0.2, 0.25) is 0 Å². The van der Waals surface area contributed by atoms with E-state index in [1.54, 1.807) is 18.4 Å². The van der Waals surface area contributed by atoms with E-state index in [0.29, 0.717) is 32.3 Å². The summed E-state index contributed by atoms with van der Waals surface area (Å²) in [4.78, 5) is 32.2. The van der Waals surface area contributed by atoms with Crippen molar-refractivity contribution in [2.45, 2.75) is 39.7 Å². The van der Waals surface area contributed by atoms with Crippen molar-refractivity contribution in [2.24, 2.45) is 4.99 Å². The Hall–Kier alpha value is -4.23. The number of carbonyl (C=O) groups is 1. The molecule has 1 aromatic heterocycles. The van der Waals surface area contributed by atoms with E-state index in [4.69, 9.17) is 9.47 Å². The second kappa shape index (κ2) is 11.3. The van der Waals surface area contributed by atoms with Gasteiger partial charge >= 0.3 is 5.97 Å². The van der Waals surface area contributed by atoms with Crippen LogP contribution in [0.25, 0.3) is 6.08 Å². The molecule has 7 heteroatoms. The third-order valence-corrected chi connectivity index (χ3v) is 7.55. The van der Waals surface area contributed by atoms with Gasteiger partial charge in [-0.15, -0.1) is 0 Å². The van der Waals surface area contributed by atoms with E-state index in [1.807, 2.05) is 84.9 Å². The van der Waals surface area contributed by atoms with Crippen LogP contribution in [-0.2, 0) is 9.53 Å². The molecular weight excluding hydrogens is 508 g/mol. The van der Waals surface area contributed by atoms with Crippen molar-refractivity contribution in [3.8, 4) is 11.5 Å². The number of esters is 1. The number of ether oxygens (including phenoxy) is 2. The summed E-state index contributed by atoms with van der Waals surface area (Å²) in [7, 11) is 0. The lowest BCUT2D eigenvalue weighted by Gasteiger charge is -2.25. The molecule has 0 saturated heterocycles. The Balaban J connectivity index is 1.61. The molecule has 1 unspecified atom stereocenters. The van der Waals surface area contributed by atoms with Gasteiger partial charge in [-0.3, -0.25) is 9.36 Å². The van der Waals surface area contributed by atoms with E-state index in [9.17, 15) is 9.59 Å². The van der Waals surface area contributed by atoms with E-state index >= 15 is 0 Å². The highest BCUT2D eigenvalue weighted by Gasteiger charge is 2.33. The van der Waals surface area contributed by atoms with E-state index in [1.165, 1.54) is 16.9 Å². The Morgan fingerprint density at radius 3 is 2.44 bits per heavy atom. The van der Waals surface area contributed by atoms with Crippen molar-refractivity contribution >= 4 is 23.4 Å². The number of para-hydroxylation sites is 1. The zero-order chi connectivity index (χ0) is 27.5. The van der Waals surface area contributed by atoms with E-state index < -0.39 is 12.0 Å². The van der Waals surface area contributed by atoms with Crippen molar-refractivity contribution < 1.29 is 14.3 Å². The lowest BCUT2D eigenvalue weighted by molar-refractivity contribution is -0.139. The standard InChI is InChI=1S/C32H30N2O4S/c1-5-37-31(36)28-21(4)33-32-34(29(28)24-16-14-23(15-17-24)20(2)3)30(35)27(39-32)19-22-10-9-13-26(18-22)38-25-11-7-6-8-12-25/h6-20,29H,5H2,1-4H3. The summed E-state index contributed by atoms with van der Waals surface area (Å²) >= 11 is 1.31. The van der Waals surface area contributed by atoms with Crippen LogP contribution in [0.1, 0.15) is 56.3 Å². The number of nitrogens with zero attached hydrogens (tertiary/aromatic N) is 2. The molecule has 198 valence electrons. The number of aromatic nitrogens is 1. The third-order valence-electron chi connectivity index (χ3n) is 6.57. The molecular formula is C32H30N2O4S. The van der Waals surface area contributed by atoms with Gasteiger partial charge in [0.15, 0.2) is 4.80 Å². The van der Waals surface area contributed by atoms with Gasteiger partial charge in [-0.1, -0.05) is 79.8 Å². The molecule has 5 rings (SSSR count). The van der Waals surface area contributed by atoms with Crippen molar-refractivity contribution in [2.75, 3.05) is 6.61 Å². The van der Waals surface area contributed by atoms with Gasteiger partial charge in [0.1, 0.15) is 11.5 Å². The maximum Gasteiger partial charge on any atom is 0.338 e. The number of fused-ring (bicyclic) bond motifs is 1. The van der Waals surface area contributed by atoms with Gasteiger partial charge in [-0.05, 0) is 66.8 Å². The highest BCUT2D eigenvalue weighted by Crippen LogP contribution is 2.31. The summed E-state index contributed by atoms with van der Waals surface area (Å²) < 4.78 is 13.5. The molecule has 1 atom stereocenters. The fourth-order valence-corrected chi connectivity index (χ4v) is 5.66. The van der Waals surface area contributed by atoms with Crippen LogP contribution in [0, 0.1) is 0 Å². The topological polar surface area (TPSA) is 69.9 Å². The van der Waals surface area contributed by atoms with Gasteiger partial charge in [-0.2, -0.15) is 0 Å². The Bertz CT molecular complexity index is 1710. The summed E-state index contributed by atoms with van der Waals surface area (Å²) in [6.07, 6.45) is 1.84. The molecule has 2 heterocycles. The van der Waals surface area contributed by atoms with Crippen molar-refractivity contribution in [1.82, 2.24) is 4.57 Å². The van der Waals surface area contributed by atoms with Crippen molar-refractivity contribution in [3.63, 3.8) is 0 Å². The molecule has 39 heavy (non-hydrogen) atoms. The average Bonchev–Trinajstić information content (AvgIpc) is 3.22. The zero-order valence-electron chi connectivity index (χ0n) is 22.4. The monoisotopic (exact) mass is 538 g/mol. The fourth-order valence-electron chi connectivity index (χ4n) is 4.61. The van der Waals surface area contributed by atoms with Crippen molar-refractivity contribution in [1.29, 1.82) is 0 Å². The van der Waals surface area contributed by atoms with Crippen LogP contribution in [0.15, 0.2) is 99.9 Å². The maximum atomic E-state index is 13.9. The van der Waals surface area contributed by atoms with Crippen molar-refractivity contribution in [3.05, 3.63) is 127 Å². The molecule has 0 aliphatic carbocycles. The maximum absolute atomic E-state index is 13.9. The van der Waals surface area contributed by atoms with Gasteiger partial charge in [0.25, 0.3) is 5.56 Å². The second-order valence-electron chi connectivity index (χ2n) is 9.61. The number of hydrogen-bond acceptors (Lipinski definition) is 6. The first-order valence-corrected chi connectivity index (χ1v) is 13.8. The molecule has 0 N–H and O–H groups in total. The number of thiazole rings is 1. The van der Waals surface area contributed by atoms with Crippen LogP contribution in [-0.4, -0.2) is 17.1 Å². The minimum atomic E-state index is -0.628. The molecule has 3 aromatic carbocycles. The molecule has 0 amide bonds. The molecule has 1 aliphatic heterocycles. The SMILES string of the molecule is CCOC(=O)C1=C(C)N=c2sc(=Cc3cccc(Oc4ccccc4)c3)c(=O)n2C1c1ccc(C(C)C)cc1. The Labute approximate surface area is 231 Å². The molecule has 0 radical (unpaired) electrons. The van der Waals surface area contributed by atoms with Crippen LogP contribution in [0.3, 0.4) is 0 Å². The van der Waals surface area contributed by atoms with Crippen LogP contribution < -0.4 is 19.6 Å². The average molecular weight is 539 g/mol. The minimum Gasteiger partial charge on any atom is -0.463 e. The summed E-state index contributed by atoms with van der Waals surface area (Å²) in [5.74, 6) is 1.31. The number of carbonyl (C=O) groups excluding carboxylic acids is 1. The molecule has 0 fully saturated rings. The summed E-state index contributed by atoms with van der Waals surface area (Å²) in [6, 6.07) is 24.6. The molecule has 4 aromatic rings. The lowest BCUT2D eigenvalue weighted by Crippen LogP contribution is -2.39. The normalized spacial score (nSPS) is 15.2. The predicted octanol–water partition coefficient (Wildman–Crippen LogP) is 5.71. The Kier molecular flexibility index (Phi) is 7.61. The quantitative estimate of drug-likeness (QED) is 0.283. The van der Waals surface area contributed by atoms with Crippen LogP contribution in [0.4, 0.5) is 0 Å². The van der Waals surface area contributed by atoms with Crippen LogP contribution in [0.5, 0.6) is 11.5 Å². The summed E-state index contributed by atoms with van der Waals surface area (Å²) in [5.41, 5.74) is 3.57. The number of allylic oxidation sites excluding steroid dienone is 1. The third kappa shape index (κ3) is 5.49. The molecule has 0 spiro atoms. The highest BCUT2D eigenvalue weighted by atomic mass is 32.1. The second-order valence-corrected chi connectivity index (χ2v) is 10.6. The Morgan fingerprint density at radius 2 is 1.74 bits per heavy atom. The molecule has 6 nitrogen and oxygen atoms in total. The first-order valence-electron chi connectivity index (χ1n) is 13.0. The van der Waals surface area contributed by atoms with E-state index in [0.717, 1.165) is 16.9 Å². The van der Waals surface area contributed by atoms with E-state index in [-0.39, 0.29) is 12.2 Å². The lowest BCUT2D eigenvalue weighted by atomic mass is 9.93.